The van der Waals surface area contributed by atoms with Crippen molar-refractivity contribution in [3.63, 3.8) is 0 Å². The SMILES string of the molecule is N#Cc1ccc(S(=O)(=O)N[C@H]2CCO[C@@]3(CCOC3)C2)cc1. The highest BCUT2D eigenvalue weighted by Gasteiger charge is 2.42. The van der Waals surface area contributed by atoms with Crippen molar-refractivity contribution in [3.05, 3.63) is 29.8 Å². The van der Waals surface area contributed by atoms with Crippen molar-refractivity contribution in [1.82, 2.24) is 4.72 Å². The molecule has 22 heavy (non-hydrogen) atoms. The lowest BCUT2D eigenvalue weighted by atomic mass is 9.90. The highest BCUT2D eigenvalue weighted by molar-refractivity contribution is 7.89. The van der Waals surface area contributed by atoms with Crippen LogP contribution in [0.25, 0.3) is 0 Å². The van der Waals surface area contributed by atoms with Gasteiger partial charge in [-0.15, -0.1) is 0 Å². The second-order valence-corrected chi connectivity index (χ2v) is 7.50. The molecular weight excluding hydrogens is 304 g/mol. The topological polar surface area (TPSA) is 88.4 Å². The van der Waals surface area contributed by atoms with E-state index in [2.05, 4.69) is 4.72 Å². The minimum Gasteiger partial charge on any atom is -0.378 e. The van der Waals surface area contributed by atoms with Gasteiger partial charge in [0.1, 0.15) is 0 Å². The van der Waals surface area contributed by atoms with Gasteiger partial charge in [-0.3, -0.25) is 0 Å². The van der Waals surface area contributed by atoms with Gasteiger partial charge >= 0.3 is 0 Å². The van der Waals surface area contributed by atoms with Crippen LogP contribution >= 0.6 is 0 Å². The molecule has 1 aromatic rings. The van der Waals surface area contributed by atoms with Crippen LogP contribution in [0, 0.1) is 11.3 Å². The van der Waals surface area contributed by atoms with Crippen molar-refractivity contribution in [2.24, 2.45) is 0 Å². The number of hydrogen-bond acceptors (Lipinski definition) is 5. The molecule has 2 aliphatic rings. The minimum absolute atomic E-state index is 0.156. The standard InChI is InChI=1S/C15H18N2O4S/c16-10-12-1-3-14(4-2-12)22(18,19)17-13-5-7-21-15(9-13)6-8-20-11-15/h1-4,13,17H,5-9,11H2/t13-,15-/m0/s1. The van der Waals surface area contributed by atoms with E-state index in [9.17, 15) is 8.42 Å². The molecule has 0 saturated carbocycles. The fourth-order valence-electron chi connectivity index (χ4n) is 2.99. The predicted octanol–water partition coefficient (Wildman–Crippen LogP) is 1.17. The Hall–Kier alpha value is -1.46. The summed E-state index contributed by atoms with van der Waals surface area (Å²) in [6.45, 7) is 1.72. The Kier molecular flexibility index (Phi) is 4.19. The quantitative estimate of drug-likeness (QED) is 0.902. The zero-order valence-corrected chi connectivity index (χ0v) is 12.9. The van der Waals surface area contributed by atoms with E-state index in [1.807, 2.05) is 6.07 Å². The Morgan fingerprint density at radius 1 is 1.27 bits per heavy atom. The normalized spacial score (nSPS) is 28.6. The van der Waals surface area contributed by atoms with Gasteiger partial charge in [-0.25, -0.2) is 13.1 Å². The summed E-state index contributed by atoms with van der Waals surface area (Å²) in [5.41, 5.74) is 0.0999. The first kappa shape index (κ1) is 15.4. The van der Waals surface area contributed by atoms with Gasteiger partial charge in [0.15, 0.2) is 0 Å². The fourth-order valence-corrected chi connectivity index (χ4v) is 4.26. The largest absolute Gasteiger partial charge is 0.378 e. The minimum atomic E-state index is -3.59. The van der Waals surface area contributed by atoms with Gasteiger partial charge in [0.25, 0.3) is 0 Å². The number of rotatable bonds is 3. The average Bonchev–Trinajstić information content (AvgIpc) is 2.94. The van der Waals surface area contributed by atoms with Crippen LogP contribution in [0.15, 0.2) is 29.2 Å². The zero-order valence-electron chi connectivity index (χ0n) is 12.1. The number of hydrogen-bond donors (Lipinski definition) is 1. The fraction of sp³-hybridized carbons (Fsp3) is 0.533. The molecule has 7 heteroatoms. The lowest BCUT2D eigenvalue weighted by Gasteiger charge is -2.37. The van der Waals surface area contributed by atoms with Crippen molar-refractivity contribution in [2.75, 3.05) is 19.8 Å². The number of sulfonamides is 1. The maximum Gasteiger partial charge on any atom is 0.240 e. The van der Waals surface area contributed by atoms with Gasteiger partial charge < -0.3 is 9.47 Å². The molecule has 1 N–H and O–H groups in total. The van der Waals surface area contributed by atoms with Crippen LogP contribution in [0.2, 0.25) is 0 Å². The van der Waals surface area contributed by atoms with Gasteiger partial charge in [0.05, 0.1) is 28.7 Å². The highest BCUT2D eigenvalue weighted by atomic mass is 32.2. The van der Waals surface area contributed by atoms with E-state index < -0.39 is 10.0 Å². The van der Waals surface area contributed by atoms with Gasteiger partial charge in [0.2, 0.25) is 10.0 Å². The smallest absolute Gasteiger partial charge is 0.240 e. The van der Waals surface area contributed by atoms with Crippen LogP contribution in [0.4, 0.5) is 0 Å². The van der Waals surface area contributed by atoms with E-state index in [1.54, 1.807) is 0 Å². The third-order valence-corrected chi connectivity index (χ3v) is 5.71. The maximum atomic E-state index is 12.4. The molecule has 0 aromatic heterocycles. The molecule has 6 nitrogen and oxygen atoms in total. The van der Waals surface area contributed by atoms with Gasteiger partial charge in [0, 0.05) is 25.7 Å². The average molecular weight is 322 g/mol. The van der Waals surface area contributed by atoms with E-state index in [0.29, 0.717) is 38.2 Å². The van der Waals surface area contributed by atoms with Crippen molar-refractivity contribution in [1.29, 1.82) is 5.26 Å². The first-order chi connectivity index (χ1) is 10.5. The van der Waals surface area contributed by atoms with E-state index in [-0.39, 0.29) is 16.5 Å². The molecule has 0 aliphatic carbocycles. The summed E-state index contributed by atoms with van der Waals surface area (Å²) in [6.07, 6.45) is 2.09. The summed E-state index contributed by atoms with van der Waals surface area (Å²) >= 11 is 0. The summed E-state index contributed by atoms with van der Waals surface area (Å²) < 4.78 is 38.8. The molecule has 3 rings (SSSR count). The Balaban J connectivity index is 1.72. The lowest BCUT2D eigenvalue weighted by molar-refractivity contribution is -0.0868. The molecule has 2 atom stereocenters. The third-order valence-electron chi connectivity index (χ3n) is 4.18. The second-order valence-electron chi connectivity index (χ2n) is 5.78. The summed E-state index contributed by atoms with van der Waals surface area (Å²) in [4.78, 5) is 0.176. The van der Waals surface area contributed by atoms with Gasteiger partial charge in [-0.2, -0.15) is 5.26 Å². The van der Waals surface area contributed by atoms with Crippen LogP contribution in [-0.4, -0.2) is 39.9 Å². The summed E-state index contributed by atoms with van der Waals surface area (Å²) in [7, 11) is -3.59. The van der Waals surface area contributed by atoms with E-state index in [1.165, 1.54) is 24.3 Å². The molecule has 0 bridgehead atoms. The van der Waals surface area contributed by atoms with E-state index in [0.717, 1.165) is 6.42 Å². The summed E-state index contributed by atoms with van der Waals surface area (Å²) in [5, 5.41) is 8.77. The Morgan fingerprint density at radius 3 is 2.68 bits per heavy atom. The first-order valence-electron chi connectivity index (χ1n) is 7.27. The van der Waals surface area contributed by atoms with E-state index in [4.69, 9.17) is 14.7 Å². The monoisotopic (exact) mass is 322 g/mol. The maximum absolute atomic E-state index is 12.4. The van der Waals surface area contributed by atoms with Gasteiger partial charge in [-0.05, 0) is 37.1 Å². The van der Waals surface area contributed by atoms with Crippen LogP contribution < -0.4 is 4.72 Å². The molecule has 0 unspecified atom stereocenters. The predicted molar refractivity (Wildman–Crippen MR) is 78.6 cm³/mol. The van der Waals surface area contributed by atoms with E-state index >= 15 is 0 Å². The van der Waals surface area contributed by atoms with Crippen molar-refractivity contribution < 1.29 is 17.9 Å². The Labute approximate surface area is 130 Å². The van der Waals surface area contributed by atoms with Crippen molar-refractivity contribution in [3.8, 4) is 6.07 Å². The Morgan fingerprint density at radius 2 is 2.05 bits per heavy atom. The first-order valence-corrected chi connectivity index (χ1v) is 8.76. The summed E-state index contributed by atoms with van der Waals surface area (Å²) in [5.74, 6) is 0. The molecule has 1 aromatic carbocycles. The number of nitrogens with zero attached hydrogens (tertiary/aromatic N) is 1. The molecular formula is C15H18N2O4S. The second kappa shape index (κ2) is 5.97. The number of ether oxygens (including phenoxy) is 2. The Bertz CT molecular complexity index is 672. The molecule has 118 valence electrons. The number of nitriles is 1. The molecule has 2 aliphatic heterocycles. The van der Waals surface area contributed by atoms with Gasteiger partial charge in [-0.1, -0.05) is 0 Å². The molecule has 0 amide bonds. The third kappa shape index (κ3) is 3.15. The van der Waals surface area contributed by atoms with Crippen LogP contribution in [-0.2, 0) is 19.5 Å². The van der Waals surface area contributed by atoms with Crippen LogP contribution in [0.5, 0.6) is 0 Å². The van der Waals surface area contributed by atoms with Crippen molar-refractivity contribution in [2.45, 2.75) is 35.8 Å². The number of benzene rings is 1. The zero-order chi connectivity index (χ0) is 15.6. The molecule has 2 fully saturated rings. The van der Waals surface area contributed by atoms with Crippen molar-refractivity contribution >= 4 is 10.0 Å². The molecule has 2 heterocycles. The molecule has 1 spiro atoms. The van der Waals surface area contributed by atoms with Crippen LogP contribution in [0.1, 0.15) is 24.8 Å². The lowest BCUT2D eigenvalue weighted by Crippen LogP contribution is -2.48. The summed E-state index contributed by atoms with van der Waals surface area (Å²) in [6, 6.07) is 7.73. The van der Waals surface area contributed by atoms with Crippen LogP contribution in [0.3, 0.4) is 0 Å². The molecule has 0 radical (unpaired) electrons. The highest BCUT2D eigenvalue weighted by Crippen LogP contribution is 2.33. The molecule has 2 saturated heterocycles. The number of nitrogens with one attached hydrogen (secondary N) is 1.